The normalized spacial score (nSPS) is 18.3. The first kappa shape index (κ1) is 18.0. The highest BCUT2D eigenvalue weighted by molar-refractivity contribution is 5.16. The molecule has 0 N–H and O–H groups in total. The zero-order chi connectivity index (χ0) is 17.6. The number of halogens is 1. The van der Waals surface area contributed by atoms with Gasteiger partial charge in [-0.15, -0.1) is 0 Å². The quantitative estimate of drug-likeness (QED) is 0.720. The molecule has 3 rings (SSSR count). The monoisotopic (exact) mass is 346 g/mol. The maximum atomic E-state index is 13.1. The Bertz CT molecular complexity index is 656. The molecule has 0 unspecified atom stereocenters. The summed E-state index contributed by atoms with van der Waals surface area (Å²) in [5, 5.41) is 4.45. The van der Waals surface area contributed by atoms with Crippen molar-refractivity contribution in [3.63, 3.8) is 0 Å². The Morgan fingerprint density at radius 1 is 1.20 bits per heavy atom. The van der Waals surface area contributed by atoms with Crippen molar-refractivity contribution in [1.29, 1.82) is 0 Å². The molecular weight excluding hydrogens is 319 g/mol. The average Bonchev–Trinajstić information content (AvgIpc) is 2.93. The Morgan fingerprint density at radius 3 is 2.76 bits per heavy atom. The average molecular weight is 346 g/mol. The fourth-order valence-corrected chi connectivity index (χ4v) is 3.19. The van der Waals surface area contributed by atoms with E-state index in [0.29, 0.717) is 5.92 Å². The molecule has 0 amide bonds. The fraction of sp³-hybridized carbons (Fsp3) is 0.526. The van der Waals surface area contributed by atoms with E-state index in [1.54, 1.807) is 0 Å². The molecule has 1 aliphatic rings. The van der Waals surface area contributed by atoms with Crippen molar-refractivity contribution in [3.05, 3.63) is 53.6 Å². The molecule has 1 aliphatic heterocycles. The number of hydrogen-bond acceptors (Lipinski definition) is 4. The lowest BCUT2D eigenvalue weighted by Gasteiger charge is -2.24. The molecule has 0 aliphatic carbocycles. The minimum absolute atomic E-state index is 0.190. The van der Waals surface area contributed by atoms with Crippen LogP contribution in [-0.2, 0) is 24.4 Å². The van der Waals surface area contributed by atoms with Gasteiger partial charge in [0.1, 0.15) is 5.82 Å². The molecule has 0 saturated carbocycles. The van der Waals surface area contributed by atoms with Gasteiger partial charge in [0.25, 0.3) is 0 Å². The van der Waals surface area contributed by atoms with Crippen molar-refractivity contribution in [2.45, 2.75) is 19.6 Å². The SMILES string of the molecule is CN(C)CCOC[C@@H]1CN(Cc2ccc(F)cc2)Cc2ccnn2C1. The lowest BCUT2D eigenvalue weighted by atomic mass is 10.1. The topological polar surface area (TPSA) is 33.5 Å². The number of nitrogens with zero attached hydrogens (tertiary/aromatic N) is 4. The number of hydrogen-bond donors (Lipinski definition) is 0. The lowest BCUT2D eigenvalue weighted by Crippen LogP contribution is -2.30. The molecule has 1 atom stereocenters. The van der Waals surface area contributed by atoms with E-state index in [2.05, 4.69) is 39.7 Å². The first-order valence-corrected chi connectivity index (χ1v) is 8.80. The van der Waals surface area contributed by atoms with Crippen LogP contribution < -0.4 is 0 Å². The van der Waals surface area contributed by atoms with Crippen LogP contribution in [0.2, 0.25) is 0 Å². The van der Waals surface area contributed by atoms with E-state index in [1.807, 2.05) is 18.3 Å². The minimum atomic E-state index is -0.190. The summed E-state index contributed by atoms with van der Waals surface area (Å²) < 4.78 is 21.1. The summed E-state index contributed by atoms with van der Waals surface area (Å²) in [5.74, 6) is 0.202. The summed E-state index contributed by atoms with van der Waals surface area (Å²) in [5.41, 5.74) is 2.35. The van der Waals surface area contributed by atoms with Crippen LogP contribution in [-0.4, -0.2) is 60.0 Å². The Kier molecular flexibility index (Phi) is 6.18. The summed E-state index contributed by atoms with van der Waals surface area (Å²) >= 11 is 0. The molecular formula is C19H27FN4O. The largest absolute Gasteiger partial charge is 0.380 e. The van der Waals surface area contributed by atoms with E-state index < -0.39 is 0 Å². The standard InChI is InChI=1S/C19H27FN4O/c1-22(2)9-10-25-15-17-12-23(11-16-3-5-18(20)6-4-16)14-19-7-8-21-24(19)13-17/h3-8,17H,9-15H2,1-2H3/t17-/m1/s1. The highest BCUT2D eigenvalue weighted by Gasteiger charge is 2.22. The van der Waals surface area contributed by atoms with Crippen LogP contribution >= 0.6 is 0 Å². The zero-order valence-corrected chi connectivity index (χ0v) is 15.1. The van der Waals surface area contributed by atoms with Crippen LogP contribution in [0, 0.1) is 11.7 Å². The summed E-state index contributed by atoms with van der Waals surface area (Å²) in [7, 11) is 4.10. The van der Waals surface area contributed by atoms with Gasteiger partial charge in [-0.25, -0.2) is 4.39 Å². The van der Waals surface area contributed by atoms with E-state index in [1.165, 1.54) is 17.8 Å². The number of fused-ring (bicyclic) bond motifs is 1. The highest BCUT2D eigenvalue weighted by Crippen LogP contribution is 2.18. The maximum absolute atomic E-state index is 13.1. The fourth-order valence-electron chi connectivity index (χ4n) is 3.19. The molecule has 5 nitrogen and oxygen atoms in total. The van der Waals surface area contributed by atoms with Crippen LogP contribution in [0.1, 0.15) is 11.3 Å². The highest BCUT2D eigenvalue weighted by atomic mass is 19.1. The van der Waals surface area contributed by atoms with Crippen LogP contribution in [0.25, 0.3) is 0 Å². The van der Waals surface area contributed by atoms with Crippen molar-refractivity contribution in [3.8, 4) is 0 Å². The van der Waals surface area contributed by atoms with Gasteiger partial charge in [0.2, 0.25) is 0 Å². The summed E-state index contributed by atoms with van der Waals surface area (Å²) in [6.45, 7) is 5.89. The van der Waals surface area contributed by atoms with Crippen molar-refractivity contribution in [1.82, 2.24) is 19.6 Å². The van der Waals surface area contributed by atoms with Crippen LogP contribution in [0.5, 0.6) is 0 Å². The van der Waals surface area contributed by atoms with E-state index in [4.69, 9.17) is 4.74 Å². The molecule has 25 heavy (non-hydrogen) atoms. The Morgan fingerprint density at radius 2 is 2.00 bits per heavy atom. The zero-order valence-electron chi connectivity index (χ0n) is 15.1. The van der Waals surface area contributed by atoms with E-state index in [9.17, 15) is 4.39 Å². The van der Waals surface area contributed by atoms with Gasteiger partial charge in [0.05, 0.1) is 18.9 Å². The molecule has 1 aromatic heterocycles. The molecule has 2 aromatic rings. The molecule has 0 spiro atoms. The Balaban J connectivity index is 1.63. The van der Waals surface area contributed by atoms with Crippen molar-refractivity contribution in [2.75, 3.05) is 40.4 Å². The van der Waals surface area contributed by atoms with Gasteiger partial charge in [-0.05, 0) is 37.9 Å². The first-order chi connectivity index (χ1) is 12.1. The number of rotatable bonds is 7. The van der Waals surface area contributed by atoms with Crippen molar-refractivity contribution < 1.29 is 9.13 Å². The summed E-state index contributed by atoms with van der Waals surface area (Å²) in [6, 6.07) is 8.85. The van der Waals surface area contributed by atoms with Gasteiger partial charge in [0.15, 0.2) is 0 Å². The van der Waals surface area contributed by atoms with E-state index >= 15 is 0 Å². The second kappa shape index (κ2) is 8.56. The Labute approximate surface area is 149 Å². The number of benzene rings is 1. The minimum Gasteiger partial charge on any atom is -0.380 e. The van der Waals surface area contributed by atoms with Gasteiger partial charge in [-0.2, -0.15) is 5.10 Å². The number of likely N-dealkylation sites (N-methyl/N-ethyl adjacent to an activating group) is 1. The van der Waals surface area contributed by atoms with Gasteiger partial charge < -0.3 is 9.64 Å². The molecule has 6 heteroatoms. The third-order valence-electron chi connectivity index (χ3n) is 4.49. The second-order valence-electron chi connectivity index (χ2n) is 7.04. The predicted octanol–water partition coefficient (Wildman–Crippen LogP) is 2.23. The molecule has 0 fully saturated rings. The van der Waals surface area contributed by atoms with Gasteiger partial charge in [0, 0.05) is 44.8 Å². The van der Waals surface area contributed by atoms with E-state index in [0.717, 1.165) is 51.5 Å². The predicted molar refractivity (Wildman–Crippen MR) is 95.6 cm³/mol. The lowest BCUT2D eigenvalue weighted by molar-refractivity contribution is 0.0673. The number of aromatic nitrogens is 2. The second-order valence-corrected chi connectivity index (χ2v) is 7.04. The van der Waals surface area contributed by atoms with Gasteiger partial charge in [-0.1, -0.05) is 12.1 Å². The molecule has 136 valence electrons. The molecule has 1 aromatic carbocycles. The van der Waals surface area contributed by atoms with Gasteiger partial charge in [-0.3, -0.25) is 9.58 Å². The maximum Gasteiger partial charge on any atom is 0.123 e. The van der Waals surface area contributed by atoms with Crippen molar-refractivity contribution in [2.24, 2.45) is 5.92 Å². The molecule has 0 radical (unpaired) electrons. The molecule has 2 heterocycles. The van der Waals surface area contributed by atoms with Crippen LogP contribution in [0.3, 0.4) is 0 Å². The van der Waals surface area contributed by atoms with Crippen molar-refractivity contribution >= 4 is 0 Å². The summed E-state index contributed by atoms with van der Waals surface area (Å²) in [6.07, 6.45) is 1.86. The summed E-state index contributed by atoms with van der Waals surface area (Å²) in [4.78, 5) is 4.52. The van der Waals surface area contributed by atoms with Crippen LogP contribution in [0.4, 0.5) is 4.39 Å². The molecule has 0 saturated heterocycles. The first-order valence-electron chi connectivity index (χ1n) is 8.80. The van der Waals surface area contributed by atoms with Gasteiger partial charge >= 0.3 is 0 Å². The Hall–Kier alpha value is -1.76. The molecule has 0 bridgehead atoms. The third kappa shape index (κ3) is 5.36. The van der Waals surface area contributed by atoms with E-state index in [-0.39, 0.29) is 5.82 Å². The smallest absolute Gasteiger partial charge is 0.123 e. The number of ether oxygens (including phenoxy) is 1. The third-order valence-corrected chi connectivity index (χ3v) is 4.49. The van der Waals surface area contributed by atoms with Crippen LogP contribution in [0.15, 0.2) is 36.5 Å².